The molecule has 0 aliphatic rings. The molecule has 1 aromatic carbocycles. The zero-order valence-electron chi connectivity index (χ0n) is 8.09. The number of hydrogen-bond acceptors (Lipinski definition) is 1. The first-order chi connectivity index (χ1) is 7.45. The molecule has 2 heterocycles. The fraction of sp³-hybridized carbons (Fsp3) is 0. The summed E-state index contributed by atoms with van der Waals surface area (Å²) in [6.07, 6.45) is 3.98. The first-order valence-corrected chi connectivity index (χ1v) is 4.85. The number of rotatable bonds is 1. The number of para-hydroxylation sites is 1. The van der Waals surface area contributed by atoms with Crippen LogP contribution in [-0.4, -0.2) is 10.2 Å². The van der Waals surface area contributed by atoms with E-state index in [1.165, 1.54) is 0 Å². The summed E-state index contributed by atoms with van der Waals surface area (Å²) >= 11 is 0. The molecule has 0 saturated heterocycles. The van der Waals surface area contributed by atoms with E-state index < -0.39 is 0 Å². The molecule has 0 unspecified atom stereocenters. The highest BCUT2D eigenvalue weighted by Gasteiger charge is 2.14. The van der Waals surface area contributed by atoms with Crippen molar-refractivity contribution >= 4 is 10.9 Å². The second-order valence-corrected chi connectivity index (χ2v) is 3.38. The molecule has 0 radical (unpaired) electrons. The number of fused-ring (bicyclic) bond motifs is 1. The summed E-state index contributed by atoms with van der Waals surface area (Å²) in [5.74, 6) is 0.936. The molecule has 3 aromatic rings. The van der Waals surface area contributed by atoms with Crippen molar-refractivity contribution in [2.45, 2.75) is 0 Å². The van der Waals surface area contributed by atoms with Crippen LogP contribution < -0.4 is 4.57 Å². The van der Waals surface area contributed by atoms with Crippen molar-refractivity contribution in [2.24, 2.45) is 0 Å². The number of benzene rings is 1. The fourth-order valence-electron chi connectivity index (χ4n) is 1.69. The van der Waals surface area contributed by atoms with E-state index in [9.17, 15) is 0 Å². The summed E-state index contributed by atoms with van der Waals surface area (Å²) < 4.78 is 2.00. The third-order valence-corrected chi connectivity index (χ3v) is 2.41. The highest BCUT2D eigenvalue weighted by molar-refractivity contribution is 5.83. The quantitative estimate of drug-likeness (QED) is 0.592. The Bertz CT molecular complexity index is 584. The Balaban J connectivity index is 2.28. The number of aromatic amines is 1. The van der Waals surface area contributed by atoms with Crippen molar-refractivity contribution in [1.29, 1.82) is 0 Å². The number of nitrogens with one attached hydrogen (secondary N) is 1. The van der Waals surface area contributed by atoms with Gasteiger partial charge in [0, 0.05) is 0 Å². The van der Waals surface area contributed by atoms with E-state index in [1.807, 2.05) is 53.4 Å². The minimum atomic E-state index is 0.936. The average Bonchev–Trinajstić information content (AvgIpc) is 2.74. The number of pyridine rings is 1. The zero-order chi connectivity index (χ0) is 10.1. The minimum absolute atomic E-state index is 0.936. The lowest BCUT2D eigenvalue weighted by molar-refractivity contribution is -0.598. The molecule has 1 N–H and O–H groups in total. The summed E-state index contributed by atoms with van der Waals surface area (Å²) in [5.41, 5.74) is 1.06. The van der Waals surface area contributed by atoms with Crippen molar-refractivity contribution in [1.82, 2.24) is 10.2 Å². The van der Waals surface area contributed by atoms with Gasteiger partial charge in [-0.05, 0) is 24.3 Å². The van der Waals surface area contributed by atoms with Gasteiger partial charge in [-0.1, -0.05) is 18.2 Å². The van der Waals surface area contributed by atoms with E-state index in [4.69, 9.17) is 0 Å². The van der Waals surface area contributed by atoms with Gasteiger partial charge < -0.3 is 0 Å². The molecular formula is C12H10N3+. The van der Waals surface area contributed by atoms with Gasteiger partial charge in [0.1, 0.15) is 0 Å². The fourth-order valence-corrected chi connectivity index (χ4v) is 1.69. The van der Waals surface area contributed by atoms with Crippen LogP contribution in [0.1, 0.15) is 0 Å². The van der Waals surface area contributed by atoms with E-state index in [0.717, 1.165) is 16.7 Å². The summed E-state index contributed by atoms with van der Waals surface area (Å²) in [4.78, 5) is 0. The Morgan fingerprint density at radius 2 is 1.73 bits per heavy atom. The third kappa shape index (κ3) is 1.29. The lowest BCUT2D eigenvalue weighted by atomic mass is 10.2. The Morgan fingerprint density at radius 3 is 2.60 bits per heavy atom. The van der Waals surface area contributed by atoms with Crippen LogP contribution >= 0.6 is 0 Å². The number of H-pyrrole nitrogens is 1. The van der Waals surface area contributed by atoms with Gasteiger partial charge in [-0.25, -0.2) is 4.57 Å². The molecule has 0 fully saturated rings. The smallest absolute Gasteiger partial charge is 0.201 e. The molecule has 0 atom stereocenters. The maximum Gasteiger partial charge on any atom is 0.362 e. The molecule has 3 nitrogen and oxygen atoms in total. The maximum atomic E-state index is 4.30. The molecule has 0 aliphatic heterocycles. The monoisotopic (exact) mass is 196 g/mol. The Morgan fingerprint density at radius 1 is 0.933 bits per heavy atom. The van der Waals surface area contributed by atoms with Crippen molar-refractivity contribution in [3.63, 3.8) is 0 Å². The first kappa shape index (κ1) is 8.17. The van der Waals surface area contributed by atoms with Gasteiger partial charge in [-0.3, -0.25) is 0 Å². The Hall–Kier alpha value is -2.16. The van der Waals surface area contributed by atoms with Crippen LogP contribution in [0.5, 0.6) is 0 Å². The van der Waals surface area contributed by atoms with E-state index in [2.05, 4.69) is 16.3 Å². The van der Waals surface area contributed by atoms with Gasteiger partial charge in [-0.2, -0.15) is 5.10 Å². The molecule has 0 amide bonds. The van der Waals surface area contributed by atoms with Crippen molar-refractivity contribution in [2.75, 3.05) is 0 Å². The Kier molecular flexibility index (Phi) is 1.75. The summed E-state index contributed by atoms with van der Waals surface area (Å²) in [7, 11) is 0. The topological polar surface area (TPSA) is 32.6 Å². The van der Waals surface area contributed by atoms with Crippen molar-refractivity contribution in [3.05, 3.63) is 54.9 Å². The SMILES string of the molecule is c1cc[n+](-c2n[nH]c3ccccc23)cc1. The molecule has 3 rings (SSSR count). The van der Waals surface area contributed by atoms with Crippen molar-refractivity contribution in [3.8, 4) is 5.82 Å². The number of hydrogen-bond donors (Lipinski definition) is 1. The van der Waals surface area contributed by atoms with Crippen molar-refractivity contribution < 1.29 is 4.57 Å². The average molecular weight is 196 g/mol. The minimum Gasteiger partial charge on any atom is -0.201 e. The van der Waals surface area contributed by atoms with Gasteiger partial charge >= 0.3 is 5.82 Å². The highest BCUT2D eigenvalue weighted by atomic mass is 15.2. The molecule has 0 saturated carbocycles. The van der Waals surface area contributed by atoms with Crippen LogP contribution in [0.2, 0.25) is 0 Å². The van der Waals surface area contributed by atoms with Crippen LogP contribution in [0.3, 0.4) is 0 Å². The van der Waals surface area contributed by atoms with Crippen LogP contribution in [0, 0.1) is 0 Å². The van der Waals surface area contributed by atoms with Gasteiger partial charge in [0.15, 0.2) is 0 Å². The van der Waals surface area contributed by atoms with Crippen LogP contribution in [-0.2, 0) is 0 Å². The predicted octanol–water partition coefficient (Wildman–Crippen LogP) is 1.84. The van der Waals surface area contributed by atoms with E-state index in [0.29, 0.717) is 0 Å². The molecule has 3 heteroatoms. The summed E-state index contributed by atoms with van der Waals surface area (Å²) in [6.45, 7) is 0. The second-order valence-electron chi connectivity index (χ2n) is 3.38. The Labute approximate surface area is 87.0 Å². The molecule has 2 aromatic heterocycles. The lowest BCUT2D eigenvalue weighted by Crippen LogP contribution is -2.29. The van der Waals surface area contributed by atoms with E-state index in [-0.39, 0.29) is 0 Å². The third-order valence-electron chi connectivity index (χ3n) is 2.41. The molecule has 0 aliphatic carbocycles. The standard InChI is InChI=1S/C12H10N3/c1-4-8-15(9-5-1)12-10-6-2-3-7-11(10)13-14-12/h1-9H,(H,13,14)/q+1. The predicted molar refractivity (Wildman–Crippen MR) is 57.6 cm³/mol. The molecular weight excluding hydrogens is 186 g/mol. The summed E-state index contributed by atoms with van der Waals surface area (Å²) in [6, 6.07) is 14.1. The molecule has 72 valence electrons. The molecule has 15 heavy (non-hydrogen) atoms. The molecule has 0 spiro atoms. The second kappa shape index (κ2) is 3.20. The van der Waals surface area contributed by atoms with Gasteiger partial charge in [-0.15, -0.1) is 0 Å². The van der Waals surface area contributed by atoms with Gasteiger partial charge in [0.05, 0.1) is 28.4 Å². The highest BCUT2D eigenvalue weighted by Crippen LogP contribution is 2.14. The maximum absolute atomic E-state index is 4.30. The van der Waals surface area contributed by atoms with Crippen LogP contribution in [0.4, 0.5) is 0 Å². The molecule has 0 bridgehead atoms. The van der Waals surface area contributed by atoms with Gasteiger partial charge in [0.25, 0.3) is 0 Å². The zero-order valence-corrected chi connectivity index (χ0v) is 8.09. The number of aromatic nitrogens is 3. The lowest BCUT2D eigenvalue weighted by Gasteiger charge is -1.91. The normalized spacial score (nSPS) is 10.7. The van der Waals surface area contributed by atoms with E-state index >= 15 is 0 Å². The first-order valence-electron chi connectivity index (χ1n) is 4.85. The van der Waals surface area contributed by atoms with Gasteiger partial charge in [0.2, 0.25) is 0 Å². The summed E-state index contributed by atoms with van der Waals surface area (Å²) in [5, 5.41) is 8.45. The van der Waals surface area contributed by atoms with E-state index in [1.54, 1.807) is 0 Å². The number of nitrogens with zero attached hydrogens (tertiary/aromatic N) is 2. The van der Waals surface area contributed by atoms with Crippen LogP contribution in [0.25, 0.3) is 16.7 Å². The largest absolute Gasteiger partial charge is 0.362 e. The van der Waals surface area contributed by atoms with Crippen LogP contribution in [0.15, 0.2) is 54.9 Å².